The van der Waals surface area contributed by atoms with Crippen molar-refractivity contribution >= 4 is 93.0 Å². The fourth-order valence-corrected chi connectivity index (χ4v) is 12.2. The number of fused-ring (bicyclic) bond motifs is 4. The van der Waals surface area contributed by atoms with E-state index < -0.39 is 17.1 Å². The summed E-state index contributed by atoms with van der Waals surface area (Å²) in [5.74, 6) is -0.290. The van der Waals surface area contributed by atoms with E-state index >= 15 is 0 Å². The van der Waals surface area contributed by atoms with Crippen LogP contribution >= 0.6 is 11.8 Å². The van der Waals surface area contributed by atoms with E-state index in [1.54, 1.807) is 9.13 Å². The number of esters is 3. The predicted molar refractivity (Wildman–Crippen MR) is 372 cm³/mol. The molecule has 6 aromatic heterocycles. The number of nitrogens with zero attached hydrogens (tertiary/aromatic N) is 9. The van der Waals surface area contributed by atoms with Crippen LogP contribution in [0.3, 0.4) is 0 Å². The molecule has 0 radical (unpaired) electrons. The normalized spacial score (nSPS) is 14.5. The van der Waals surface area contributed by atoms with E-state index in [0.29, 0.717) is 61.1 Å². The van der Waals surface area contributed by atoms with Crippen molar-refractivity contribution in [1.82, 2.24) is 69.2 Å². The van der Waals surface area contributed by atoms with Gasteiger partial charge < -0.3 is 76.7 Å². The van der Waals surface area contributed by atoms with Crippen LogP contribution in [-0.2, 0) is 67.8 Å². The minimum atomic E-state index is -0.694. The Balaban J connectivity index is 0.000000269. The van der Waals surface area contributed by atoms with Gasteiger partial charge in [0.1, 0.15) is 33.4 Å². The zero-order valence-corrected chi connectivity index (χ0v) is 57.9. The van der Waals surface area contributed by atoms with Crippen molar-refractivity contribution in [1.29, 1.82) is 0 Å². The predicted octanol–water partition coefficient (Wildman–Crippen LogP) is 4.79. The molecule has 2 saturated heterocycles. The van der Waals surface area contributed by atoms with Crippen LogP contribution in [0.1, 0.15) is 180 Å². The van der Waals surface area contributed by atoms with E-state index in [-0.39, 0.29) is 142 Å². The smallest absolute Gasteiger partial charge is 0.315 e. The molecule has 2 fully saturated rings. The number of thioether (sulfide) groups is 1. The lowest BCUT2D eigenvalue weighted by Crippen LogP contribution is -2.36. The fraction of sp³-hybridized carbons (Fsp3) is 0.688. The number of anilines is 3. The zero-order valence-electron chi connectivity index (χ0n) is 57.1. The van der Waals surface area contributed by atoms with Gasteiger partial charge in [-0.3, -0.25) is 62.2 Å². The van der Waals surface area contributed by atoms with Gasteiger partial charge in [-0.1, -0.05) is 103 Å². The number of nitrogens with one attached hydrogen (secondary N) is 5. The molecule has 100 heavy (non-hydrogen) atoms. The average Bonchev–Trinajstić information content (AvgIpc) is 1.64. The Morgan fingerprint density at radius 1 is 0.450 bits per heavy atom. The van der Waals surface area contributed by atoms with Gasteiger partial charge in [-0.25, -0.2) is 19.7 Å². The number of H-pyrrole nitrogens is 3. The highest BCUT2D eigenvalue weighted by Gasteiger charge is 2.42. The molecular weight excluding hydrogens is 1330 g/mol. The first-order chi connectivity index (χ1) is 48.5. The Morgan fingerprint density at radius 2 is 0.810 bits per heavy atom. The summed E-state index contributed by atoms with van der Waals surface area (Å²) in [6.07, 6.45) is 29.9. The molecule has 36 heteroatoms. The molecule has 0 aromatic carbocycles. The third-order valence-corrected chi connectivity index (χ3v) is 17.3. The third-order valence-electron chi connectivity index (χ3n) is 15.8. The summed E-state index contributed by atoms with van der Waals surface area (Å²) in [5, 5.41) is 40.5. The highest BCUT2D eigenvalue weighted by Crippen LogP contribution is 2.33. The lowest BCUT2D eigenvalue weighted by molar-refractivity contribution is -0.146. The number of hydrogen-bond donors (Lipinski definition) is 12. The maximum atomic E-state index is 12.0. The number of carboxylic acid groups (broad SMARTS) is 1. The van der Waals surface area contributed by atoms with E-state index in [4.69, 9.17) is 66.0 Å². The molecule has 2 amide bonds. The van der Waals surface area contributed by atoms with Crippen LogP contribution in [0, 0.1) is 0 Å². The molecule has 0 spiro atoms. The second-order valence-electron chi connectivity index (χ2n) is 23.9. The third kappa shape index (κ3) is 31.9. The number of hydrogen-bond acceptors (Lipinski definition) is 27. The van der Waals surface area contributed by atoms with Crippen molar-refractivity contribution in [3.63, 3.8) is 0 Å². The number of nitrogens with two attached hydrogens (primary N) is 3. The number of aromatic nitrogens is 12. The number of rotatable bonds is 47. The van der Waals surface area contributed by atoms with E-state index in [9.17, 15) is 38.4 Å². The van der Waals surface area contributed by atoms with Crippen LogP contribution < -0.4 is 44.5 Å². The minimum Gasteiger partial charge on any atom is -0.481 e. The molecule has 8 heterocycles. The van der Waals surface area contributed by atoms with Crippen LogP contribution in [0.2, 0.25) is 0 Å². The number of carboxylic acids is 1. The van der Waals surface area contributed by atoms with Gasteiger partial charge in [0, 0.05) is 49.9 Å². The topological polar surface area (TPSA) is 514 Å². The fourth-order valence-electron chi connectivity index (χ4n) is 10.6. The van der Waals surface area contributed by atoms with Gasteiger partial charge >= 0.3 is 29.9 Å². The highest BCUT2D eigenvalue weighted by molar-refractivity contribution is 8.00. The molecule has 0 aliphatic carbocycles. The van der Waals surface area contributed by atoms with Crippen molar-refractivity contribution in [3.05, 3.63) is 50.0 Å². The highest BCUT2D eigenvalue weighted by atomic mass is 32.2. The first-order valence-corrected chi connectivity index (χ1v) is 35.6. The summed E-state index contributed by atoms with van der Waals surface area (Å²) >= 11 is 1.90. The van der Waals surface area contributed by atoms with Crippen LogP contribution in [0.25, 0.3) is 33.5 Å². The largest absolute Gasteiger partial charge is 0.481 e. The van der Waals surface area contributed by atoms with Crippen LogP contribution in [0.15, 0.2) is 33.4 Å². The Morgan fingerprint density at radius 3 is 1.21 bits per heavy atom. The molecule has 0 unspecified atom stereocenters. The number of aliphatic carboxylic acids is 1. The molecule has 0 bridgehead atoms. The summed E-state index contributed by atoms with van der Waals surface area (Å²) in [6.45, 7) is 2.31. The van der Waals surface area contributed by atoms with E-state index in [0.717, 1.165) is 153 Å². The number of unbranched alkanes of at least 4 members (excludes halogenated alkanes) is 19. The van der Waals surface area contributed by atoms with Gasteiger partial charge in [0.2, 0.25) is 17.8 Å². The number of urea groups is 1. The molecule has 6 aromatic rings. The maximum absolute atomic E-state index is 12.0. The van der Waals surface area contributed by atoms with Crippen molar-refractivity contribution < 1.29 is 72.8 Å². The molecule has 558 valence electrons. The Hall–Kier alpha value is -8.29. The summed E-state index contributed by atoms with van der Waals surface area (Å²) in [6, 6.07) is 0.396. The van der Waals surface area contributed by atoms with Gasteiger partial charge in [-0.2, -0.15) is 26.7 Å². The van der Waals surface area contributed by atoms with Crippen molar-refractivity contribution in [2.45, 2.75) is 217 Å². The van der Waals surface area contributed by atoms with E-state index in [1.807, 2.05) is 11.8 Å². The number of amides is 2. The zero-order chi connectivity index (χ0) is 72.1. The molecule has 2 aliphatic heterocycles. The van der Waals surface area contributed by atoms with Crippen LogP contribution in [0.4, 0.5) is 22.6 Å². The SMILES string of the molecule is Nc1nc2c(ncn2COCCO)c(=O)[nH]1.Nc1nc2c(ncn2COCCOC(=O)CCCCCCCCCO)c(=O)[nH]1.Nc1nc2c(ncn2COCCOC(=O)CCCCCCCCCOC(=O)CCCC[C@@H]2SC[C@@H]3NC(=O)N[C@@H]32)c(=O)[nH]1.O=C(O)CCCCCCCCCO. The Labute approximate surface area is 582 Å². The molecule has 8 rings (SSSR count). The van der Waals surface area contributed by atoms with E-state index in [1.165, 1.54) is 30.0 Å². The average molecular weight is 1430 g/mol. The van der Waals surface area contributed by atoms with Crippen molar-refractivity contribution in [3.8, 4) is 0 Å². The van der Waals surface area contributed by atoms with E-state index in [2.05, 4.69) is 55.5 Å². The Bertz CT molecular complexity index is 3540. The van der Waals surface area contributed by atoms with Crippen molar-refractivity contribution in [2.24, 2.45) is 0 Å². The Kier molecular flexibility index (Phi) is 39.9. The molecule has 15 N–H and O–H groups in total. The first-order valence-electron chi connectivity index (χ1n) is 34.6. The summed E-state index contributed by atoms with van der Waals surface area (Å²) < 4.78 is 36.4. The summed E-state index contributed by atoms with van der Waals surface area (Å²) in [5.41, 5.74) is 16.9. The lowest BCUT2D eigenvalue weighted by Gasteiger charge is -2.16. The maximum Gasteiger partial charge on any atom is 0.315 e. The van der Waals surface area contributed by atoms with Gasteiger partial charge in [0.25, 0.3) is 16.7 Å². The molecule has 3 atom stereocenters. The van der Waals surface area contributed by atoms with Crippen LogP contribution in [0.5, 0.6) is 0 Å². The number of aliphatic hydroxyl groups excluding tert-OH is 3. The van der Waals surface area contributed by atoms with Gasteiger partial charge in [0.15, 0.2) is 33.5 Å². The monoisotopic (exact) mass is 1430 g/mol. The number of nitrogen functional groups attached to an aromatic ring is 3. The lowest BCUT2D eigenvalue weighted by atomic mass is 10.0. The summed E-state index contributed by atoms with van der Waals surface area (Å²) in [4.78, 5) is 123. The molecule has 0 saturated carbocycles. The molecule has 2 aliphatic rings. The van der Waals surface area contributed by atoms with Crippen LogP contribution in [-0.4, -0.2) is 191 Å². The summed E-state index contributed by atoms with van der Waals surface area (Å²) in [7, 11) is 0. The number of ether oxygens (including phenoxy) is 6. The number of carbonyl (C=O) groups is 5. The minimum absolute atomic E-state index is 0.00218. The van der Waals surface area contributed by atoms with Gasteiger partial charge in [-0.05, 0) is 51.4 Å². The number of carbonyl (C=O) groups excluding carboxylic acids is 4. The van der Waals surface area contributed by atoms with Gasteiger partial charge in [-0.15, -0.1) is 0 Å². The van der Waals surface area contributed by atoms with Crippen molar-refractivity contribution in [2.75, 3.05) is 82.4 Å². The number of aliphatic hydroxyl groups is 3. The molecular formula is C64H103N17O18S. The van der Waals surface area contributed by atoms with Gasteiger partial charge in [0.05, 0.1) is 64.1 Å². The first kappa shape index (κ1) is 82.4. The second kappa shape index (κ2) is 48.5. The standard InChI is InChI=1S/C28H43N7O7S.C18H29N5O5.C10H20O3.C8H11N5O3/c29-27-33-25-24(26(38)34-27)30-17-35(25)18-40-14-15-42-22(37)11-6-4-2-1-3-5-9-13-41-21(36)12-8-7-10-20-23-19(16-43-20)31-28(39)32-23;19-18-21-16-15(17(26)22-18)20-12-23(16)13-27-10-11-28-14(25)8-6-4-2-1-3-5-7-9-24;11-9-7-5-3-1-2-4-6-8-10(12)13;9-8-11-6-5(7(15)12-8)10-3-13(6)4-16-2-1-14/h17,19-20,23H,1-16,18H2,(H2,31,32,39)(H3,29,33,34,38);12,24H,1-11,13H2,(H3,19,21,22,26);11H,1-9H2,(H,12,13);3,14H,1-2,4H2,(H3,9,11,12,15)/t19-,20-,23-;;;/m0.../s1. The molecule has 35 nitrogen and oxygen atoms in total. The second-order valence-corrected chi connectivity index (χ2v) is 25.2. The number of aromatic amines is 3. The quantitative estimate of drug-likeness (QED) is 0.0106. The number of imidazole rings is 3.